The Kier molecular flexibility index (Phi) is 2.71. The van der Waals surface area contributed by atoms with Crippen LogP contribution in [0.4, 0.5) is 5.69 Å². The van der Waals surface area contributed by atoms with Crippen molar-refractivity contribution >= 4 is 23.1 Å². The Morgan fingerprint density at radius 3 is 2.76 bits per heavy atom. The van der Waals surface area contributed by atoms with Gasteiger partial charge >= 0.3 is 5.97 Å². The second-order valence-electron chi connectivity index (χ2n) is 4.08. The molecule has 1 N–H and O–H groups in total. The maximum Gasteiger partial charge on any atom is 0.335 e. The molecule has 4 heteroatoms. The fourth-order valence-electron chi connectivity index (χ4n) is 1.97. The SMILES string of the molecule is C=C(C(=O)O)c1ccc2c(c1)CCC(=O)N2C. The highest BCUT2D eigenvalue weighted by atomic mass is 16.4. The van der Waals surface area contributed by atoms with E-state index < -0.39 is 5.97 Å². The summed E-state index contributed by atoms with van der Waals surface area (Å²) >= 11 is 0. The quantitative estimate of drug-likeness (QED) is 0.788. The Bertz CT molecular complexity index is 519. The van der Waals surface area contributed by atoms with Crippen LogP contribution in [-0.4, -0.2) is 24.0 Å². The first-order chi connectivity index (χ1) is 8.00. The number of carboxylic acid groups (broad SMARTS) is 1. The molecule has 0 fully saturated rings. The summed E-state index contributed by atoms with van der Waals surface area (Å²) in [6.07, 6.45) is 1.12. The van der Waals surface area contributed by atoms with Crippen LogP contribution in [0.1, 0.15) is 17.5 Å². The van der Waals surface area contributed by atoms with E-state index in [1.54, 1.807) is 30.1 Å². The Morgan fingerprint density at radius 2 is 2.12 bits per heavy atom. The van der Waals surface area contributed by atoms with Crippen molar-refractivity contribution in [1.29, 1.82) is 0 Å². The first-order valence-electron chi connectivity index (χ1n) is 5.32. The molecular weight excluding hydrogens is 218 g/mol. The normalized spacial score (nSPS) is 14.4. The average molecular weight is 231 g/mol. The number of anilines is 1. The van der Waals surface area contributed by atoms with Gasteiger partial charge in [-0.2, -0.15) is 0 Å². The fraction of sp³-hybridized carbons (Fsp3) is 0.231. The van der Waals surface area contributed by atoms with Gasteiger partial charge in [-0.25, -0.2) is 4.79 Å². The Balaban J connectivity index is 2.42. The van der Waals surface area contributed by atoms with Gasteiger partial charge < -0.3 is 10.0 Å². The van der Waals surface area contributed by atoms with E-state index in [1.807, 2.05) is 0 Å². The second-order valence-corrected chi connectivity index (χ2v) is 4.08. The summed E-state index contributed by atoms with van der Waals surface area (Å²) in [5.74, 6) is -0.937. The van der Waals surface area contributed by atoms with Crippen LogP contribution < -0.4 is 4.90 Å². The van der Waals surface area contributed by atoms with E-state index in [-0.39, 0.29) is 11.5 Å². The van der Waals surface area contributed by atoms with Crippen LogP contribution in [0, 0.1) is 0 Å². The van der Waals surface area contributed by atoms with E-state index in [0.29, 0.717) is 18.4 Å². The predicted octanol–water partition coefficient (Wildman–Crippen LogP) is 1.69. The number of hydrogen-bond donors (Lipinski definition) is 1. The van der Waals surface area contributed by atoms with Crippen molar-refractivity contribution in [2.75, 3.05) is 11.9 Å². The molecule has 2 rings (SSSR count). The third kappa shape index (κ3) is 1.93. The molecule has 0 aliphatic carbocycles. The number of aryl methyl sites for hydroxylation is 1. The summed E-state index contributed by atoms with van der Waals surface area (Å²) in [5.41, 5.74) is 2.52. The molecule has 0 atom stereocenters. The van der Waals surface area contributed by atoms with Gasteiger partial charge in [0.05, 0.1) is 5.57 Å². The van der Waals surface area contributed by atoms with Gasteiger partial charge in [-0.05, 0) is 29.7 Å². The van der Waals surface area contributed by atoms with Crippen LogP contribution in [0.15, 0.2) is 24.8 Å². The minimum Gasteiger partial charge on any atom is -0.478 e. The second kappa shape index (κ2) is 4.05. The molecule has 0 saturated carbocycles. The minimum atomic E-state index is -1.02. The first-order valence-corrected chi connectivity index (χ1v) is 5.32. The number of fused-ring (bicyclic) bond motifs is 1. The van der Waals surface area contributed by atoms with Crippen molar-refractivity contribution in [3.05, 3.63) is 35.9 Å². The molecule has 0 unspecified atom stereocenters. The molecule has 1 amide bonds. The van der Waals surface area contributed by atoms with Gasteiger partial charge in [0, 0.05) is 19.2 Å². The Labute approximate surface area is 99.2 Å². The third-order valence-corrected chi connectivity index (χ3v) is 3.03. The summed E-state index contributed by atoms with van der Waals surface area (Å²) in [7, 11) is 1.73. The molecular formula is C13H13NO3. The topological polar surface area (TPSA) is 57.6 Å². The lowest BCUT2D eigenvalue weighted by Gasteiger charge is -2.26. The fourth-order valence-corrected chi connectivity index (χ4v) is 1.97. The zero-order chi connectivity index (χ0) is 12.6. The molecule has 0 saturated heterocycles. The van der Waals surface area contributed by atoms with Gasteiger partial charge in [0.2, 0.25) is 5.91 Å². The number of aliphatic carboxylic acids is 1. The van der Waals surface area contributed by atoms with Crippen LogP contribution in [0.5, 0.6) is 0 Å². The van der Waals surface area contributed by atoms with Gasteiger partial charge in [0.1, 0.15) is 0 Å². The average Bonchev–Trinajstić information content (AvgIpc) is 2.32. The number of carbonyl (C=O) groups excluding carboxylic acids is 1. The molecule has 1 aromatic carbocycles. The lowest BCUT2D eigenvalue weighted by molar-refractivity contribution is -0.130. The highest BCUT2D eigenvalue weighted by Gasteiger charge is 2.21. The van der Waals surface area contributed by atoms with Crippen molar-refractivity contribution in [3.8, 4) is 0 Å². The molecule has 0 bridgehead atoms. The summed E-state index contributed by atoms with van der Waals surface area (Å²) < 4.78 is 0. The van der Waals surface area contributed by atoms with Crippen molar-refractivity contribution < 1.29 is 14.7 Å². The maximum atomic E-state index is 11.5. The largest absolute Gasteiger partial charge is 0.478 e. The van der Waals surface area contributed by atoms with Crippen molar-refractivity contribution in [1.82, 2.24) is 0 Å². The van der Waals surface area contributed by atoms with Gasteiger partial charge in [-0.15, -0.1) is 0 Å². The molecule has 1 aliphatic rings. The molecule has 0 radical (unpaired) electrons. The number of nitrogens with zero attached hydrogens (tertiary/aromatic N) is 1. The molecule has 17 heavy (non-hydrogen) atoms. The number of carboxylic acids is 1. The van der Waals surface area contributed by atoms with E-state index in [2.05, 4.69) is 6.58 Å². The summed E-state index contributed by atoms with van der Waals surface area (Å²) in [6, 6.07) is 5.26. The molecule has 0 aromatic heterocycles. The van der Waals surface area contributed by atoms with Crippen LogP contribution in [0.2, 0.25) is 0 Å². The Morgan fingerprint density at radius 1 is 1.41 bits per heavy atom. The molecule has 1 aliphatic heterocycles. The Hall–Kier alpha value is -2.10. The molecule has 0 spiro atoms. The van der Waals surface area contributed by atoms with Gasteiger partial charge in [0.25, 0.3) is 0 Å². The summed E-state index contributed by atoms with van der Waals surface area (Å²) in [4.78, 5) is 23.9. The van der Waals surface area contributed by atoms with Crippen molar-refractivity contribution in [2.45, 2.75) is 12.8 Å². The standard InChI is InChI=1S/C13H13NO3/c1-8(13(16)17)9-3-5-11-10(7-9)4-6-12(15)14(11)2/h3,5,7H,1,4,6H2,2H3,(H,16,17). The number of carbonyl (C=O) groups is 2. The highest BCUT2D eigenvalue weighted by molar-refractivity contribution is 6.14. The molecule has 1 heterocycles. The van der Waals surface area contributed by atoms with Crippen LogP contribution in [0.3, 0.4) is 0 Å². The van der Waals surface area contributed by atoms with E-state index >= 15 is 0 Å². The van der Waals surface area contributed by atoms with Gasteiger partial charge in [-0.3, -0.25) is 4.79 Å². The van der Waals surface area contributed by atoms with Gasteiger partial charge in [-0.1, -0.05) is 12.6 Å². The monoisotopic (exact) mass is 231 g/mol. The lowest BCUT2D eigenvalue weighted by Crippen LogP contribution is -2.31. The number of benzene rings is 1. The zero-order valence-corrected chi connectivity index (χ0v) is 9.56. The third-order valence-electron chi connectivity index (χ3n) is 3.03. The van der Waals surface area contributed by atoms with Crippen molar-refractivity contribution in [3.63, 3.8) is 0 Å². The molecule has 88 valence electrons. The first kappa shape index (κ1) is 11.4. The molecule has 4 nitrogen and oxygen atoms in total. The zero-order valence-electron chi connectivity index (χ0n) is 9.56. The number of rotatable bonds is 2. The van der Waals surface area contributed by atoms with Crippen molar-refractivity contribution in [2.24, 2.45) is 0 Å². The number of amides is 1. The van der Waals surface area contributed by atoms with E-state index in [4.69, 9.17) is 5.11 Å². The lowest BCUT2D eigenvalue weighted by atomic mass is 9.96. The smallest absolute Gasteiger partial charge is 0.335 e. The molecule has 1 aromatic rings. The minimum absolute atomic E-state index is 0.0763. The number of hydrogen-bond acceptors (Lipinski definition) is 2. The predicted molar refractivity (Wildman–Crippen MR) is 64.8 cm³/mol. The summed E-state index contributed by atoms with van der Waals surface area (Å²) in [6.45, 7) is 3.53. The van der Waals surface area contributed by atoms with Crippen LogP contribution in [0.25, 0.3) is 5.57 Å². The summed E-state index contributed by atoms with van der Waals surface area (Å²) in [5, 5.41) is 8.87. The van der Waals surface area contributed by atoms with Crippen LogP contribution in [-0.2, 0) is 16.0 Å². The van der Waals surface area contributed by atoms with E-state index in [9.17, 15) is 9.59 Å². The van der Waals surface area contributed by atoms with Crippen LogP contribution >= 0.6 is 0 Å². The van der Waals surface area contributed by atoms with Gasteiger partial charge in [0.15, 0.2) is 0 Å². The highest BCUT2D eigenvalue weighted by Crippen LogP contribution is 2.29. The maximum absolute atomic E-state index is 11.5. The van der Waals surface area contributed by atoms with E-state index in [0.717, 1.165) is 11.3 Å². The van der Waals surface area contributed by atoms with E-state index in [1.165, 1.54) is 0 Å².